The first-order valence-corrected chi connectivity index (χ1v) is 9.79. The molecule has 5 heteroatoms. The number of benzene rings is 1. The van der Waals surface area contributed by atoms with Gasteiger partial charge in [-0.15, -0.1) is 0 Å². The number of aromatic hydroxyl groups is 1. The van der Waals surface area contributed by atoms with Crippen molar-refractivity contribution in [3.05, 3.63) is 65.7 Å². The molecule has 3 aromatic rings. The summed E-state index contributed by atoms with van der Waals surface area (Å²) in [5.74, 6) is 3.14. The maximum Gasteiger partial charge on any atom is 0.165 e. The highest BCUT2D eigenvalue weighted by atomic mass is 16.5. The van der Waals surface area contributed by atoms with Gasteiger partial charge in [-0.3, -0.25) is 9.88 Å². The zero-order chi connectivity index (χ0) is 19.5. The number of rotatable bonds is 5. The van der Waals surface area contributed by atoms with Crippen molar-refractivity contribution in [2.45, 2.75) is 32.7 Å². The van der Waals surface area contributed by atoms with Gasteiger partial charge >= 0.3 is 0 Å². The lowest BCUT2D eigenvalue weighted by Gasteiger charge is -2.21. The first kappa shape index (κ1) is 18.6. The first-order chi connectivity index (χ1) is 13.6. The summed E-state index contributed by atoms with van der Waals surface area (Å²) in [6, 6.07) is 13.7. The van der Waals surface area contributed by atoms with Gasteiger partial charge < -0.3 is 14.3 Å². The van der Waals surface area contributed by atoms with E-state index >= 15 is 0 Å². The number of aromatic nitrogens is 1. The third kappa shape index (κ3) is 4.04. The van der Waals surface area contributed by atoms with Crippen LogP contribution in [0.5, 0.6) is 11.5 Å². The van der Waals surface area contributed by atoms with E-state index in [0.29, 0.717) is 18.3 Å². The molecule has 0 spiro atoms. The molecule has 5 nitrogen and oxygen atoms in total. The number of ether oxygens (including phenoxy) is 1. The Morgan fingerprint density at radius 3 is 2.86 bits per heavy atom. The summed E-state index contributed by atoms with van der Waals surface area (Å²) in [4.78, 5) is 6.78. The zero-order valence-electron chi connectivity index (χ0n) is 16.4. The van der Waals surface area contributed by atoms with Gasteiger partial charge in [-0.2, -0.15) is 0 Å². The highest BCUT2D eigenvalue weighted by Gasteiger charge is 2.21. The van der Waals surface area contributed by atoms with Crippen LogP contribution < -0.4 is 4.74 Å². The fourth-order valence-electron chi connectivity index (χ4n) is 3.66. The van der Waals surface area contributed by atoms with E-state index in [4.69, 9.17) is 9.15 Å². The predicted molar refractivity (Wildman–Crippen MR) is 109 cm³/mol. The smallest absolute Gasteiger partial charge is 0.165 e. The van der Waals surface area contributed by atoms with Gasteiger partial charge in [0.25, 0.3) is 0 Å². The SMILES string of the molecule is Cc1ccc(C(C)CCN2CCOc3c(O)cc(-c4ccccn4)cc3C2)o1. The maximum absolute atomic E-state index is 10.5. The molecule has 1 unspecified atom stereocenters. The summed E-state index contributed by atoms with van der Waals surface area (Å²) in [5, 5.41) is 10.5. The summed E-state index contributed by atoms with van der Waals surface area (Å²) in [6.45, 7) is 7.26. The fourth-order valence-corrected chi connectivity index (χ4v) is 3.66. The molecule has 28 heavy (non-hydrogen) atoms. The number of phenolic OH excluding ortho intramolecular Hbond substituents is 1. The highest BCUT2D eigenvalue weighted by molar-refractivity contribution is 5.66. The zero-order valence-corrected chi connectivity index (χ0v) is 16.4. The number of furan rings is 1. The normalized spacial score (nSPS) is 15.5. The van der Waals surface area contributed by atoms with Crippen LogP contribution in [0.3, 0.4) is 0 Å². The topological polar surface area (TPSA) is 58.7 Å². The van der Waals surface area contributed by atoms with Crippen LogP contribution in [0.1, 0.15) is 36.3 Å². The number of nitrogens with zero attached hydrogens (tertiary/aromatic N) is 2. The van der Waals surface area contributed by atoms with Gasteiger partial charge in [0.1, 0.15) is 18.1 Å². The van der Waals surface area contributed by atoms with Crippen LogP contribution in [0.4, 0.5) is 0 Å². The molecule has 1 aliphatic rings. The molecule has 0 saturated carbocycles. The largest absolute Gasteiger partial charge is 0.504 e. The third-order valence-electron chi connectivity index (χ3n) is 5.28. The number of pyridine rings is 1. The Hall–Kier alpha value is -2.79. The Morgan fingerprint density at radius 2 is 2.11 bits per heavy atom. The lowest BCUT2D eigenvalue weighted by atomic mass is 10.0. The average molecular weight is 378 g/mol. The summed E-state index contributed by atoms with van der Waals surface area (Å²) < 4.78 is 11.6. The van der Waals surface area contributed by atoms with Crippen molar-refractivity contribution in [1.29, 1.82) is 0 Å². The minimum Gasteiger partial charge on any atom is -0.504 e. The fraction of sp³-hybridized carbons (Fsp3) is 0.348. The molecule has 2 aromatic heterocycles. The summed E-state index contributed by atoms with van der Waals surface area (Å²) in [5.41, 5.74) is 2.75. The van der Waals surface area contributed by atoms with Crippen molar-refractivity contribution in [3.8, 4) is 22.8 Å². The Bertz CT molecular complexity index is 936. The van der Waals surface area contributed by atoms with E-state index < -0.39 is 0 Å². The Balaban J connectivity index is 1.50. The summed E-state index contributed by atoms with van der Waals surface area (Å²) in [6.07, 6.45) is 2.77. The number of hydrogen-bond donors (Lipinski definition) is 1. The number of phenols is 1. The number of hydrogen-bond acceptors (Lipinski definition) is 5. The lowest BCUT2D eigenvalue weighted by Crippen LogP contribution is -2.27. The molecule has 0 bridgehead atoms. The molecule has 0 amide bonds. The van der Waals surface area contributed by atoms with Crippen LogP contribution in [-0.2, 0) is 6.54 Å². The van der Waals surface area contributed by atoms with Crippen molar-refractivity contribution in [1.82, 2.24) is 9.88 Å². The van der Waals surface area contributed by atoms with Crippen molar-refractivity contribution < 1.29 is 14.3 Å². The van der Waals surface area contributed by atoms with Crippen molar-refractivity contribution in [2.24, 2.45) is 0 Å². The van der Waals surface area contributed by atoms with Crippen LogP contribution >= 0.6 is 0 Å². The molecule has 146 valence electrons. The van der Waals surface area contributed by atoms with E-state index in [9.17, 15) is 5.11 Å². The summed E-state index contributed by atoms with van der Waals surface area (Å²) in [7, 11) is 0. The van der Waals surface area contributed by atoms with Crippen molar-refractivity contribution >= 4 is 0 Å². The van der Waals surface area contributed by atoms with Gasteiger partial charge in [0.05, 0.1) is 5.69 Å². The lowest BCUT2D eigenvalue weighted by molar-refractivity contribution is 0.216. The highest BCUT2D eigenvalue weighted by Crippen LogP contribution is 2.37. The molecular formula is C23H26N2O3. The molecule has 0 radical (unpaired) electrons. The van der Waals surface area contributed by atoms with E-state index in [2.05, 4.69) is 28.9 Å². The molecule has 3 heterocycles. The van der Waals surface area contributed by atoms with Gasteiger partial charge in [-0.1, -0.05) is 13.0 Å². The molecule has 1 aliphatic heterocycles. The Kier molecular flexibility index (Phi) is 5.35. The van der Waals surface area contributed by atoms with Gasteiger partial charge in [-0.05, 0) is 56.3 Å². The van der Waals surface area contributed by atoms with Crippen LogP contribution in [0.25, 0.3) is 11.3 Å². The van der Waals surface area contributed by atoms with Gasteiger partial charge in [-0.25, -0.2) is 0 Å². The van der Waals surface area contributed by atoms with E-state index in [1.54, 1.807) is 12.3 Å². The maximum atomic E-state index is 10.5. The van der Waals surface area contributed by atoms with Crippen molar-refractivity contribution in [3.63, 3.8) is 0 Å². The molecule has 0 aliphatic carbocycles. The third-order valence-corrected chi connectivity index (χ3v) is 5.28. The molecular weight excluding hydrogens is 352 g/mol. The van der Waals surface area contributed by atoms with Crippen molar-refractivity contribution in [2.75, 3.05) is 19.7 Å². The van der Waals surface area contributed by atoms with E-state index in [0.717, 1.165) is 54.4 Å². The van der Waals surface area contributed by atoms with Crippen LogP contribution in [-0.4, -0.2) is 34.7 Å². The quantitative estimate of drug-likeness (QED) is 0.695. The number of fused-ring (bicyclic) bond motifs is 1. The van der Waals surface area contributed by atoms with Crippen LogP contribution in [0, 0.1) is 6.92 Å². The molecule has 4 rings (SSSR count). The molecule has 1 aromatic carbocycles. The number of aryl methyl sites for hydroxylation is 1. The second-order valence-corrected chi connectivity index (χ2v) is 7.46. The Morgan fingerprint density at radius 1 is 1.21 bits per heavy atom. The first-order valence-electron chi connectivity index (χ1n) is 9.79. The standard InChI is InChI=1S/C23H26N2O3/c1-16(22-7-6-17(2)28-22)8-10-25-11-12-27-23-19(15-25)13-18(14-21(23)26)20-5-3-4-9-24-20/h3-7,9,13-14,16,26H,8,10-12,15H2,1-2H3. The monoisotopic (exact) mass is 378 g/mol. The summed E-state index contributed by atoms with van der Waals surface area (Å²) >= 11 is 0. The predicted octanol–water partition coefficient (Wildman–Crippen LogP) is 4.74. The molecule has 0 fully saturated rings. The van der Waals surface area contributed by atoms with Gasteiger partial charge in [0.15, 0.2) is 11.5 Å². The average Bonchev–Trinajstić information content (AvgIpc) is 3.03. The van der Waals surface area contributed by atoms with Crippen LogP contribution in [0.2, 0.25) is 0 Å². The van der Waals surface area contributed by atoms with E-state index in [1.807, 2.05) is 31.2 Å². The van der Waals surface area contributed by atoms with Gasteiger partial charge in [0.2, 0.25) is 0 Å². The molecule has 1 N–H and O–H groups in total. The minimum absolute atomic E-state index is 0.180. The second kappa shape index (κ2) is 8.07. The second-order valence-electron chi connectivity index (χ2n) is 7.46. The van der Waals surface area contributed by atoms with E-state index in [-0.39, 0.29) is 5.75 Å². The Labute approximate surface area is 165 Å². The molecule has 0 saturated heterocycles. The van der Waals surface area contributed by atoms with Crippen LogP contribution in [0.15, 0.2) is 53.1 Å². The van der Waals surface area contributed by atoms with Gasteiger partial charge in [0, 0.05) is 36.3 Å². The minimum atomic E-state index is 0.180. The molecule has 1 atom stereocenters. The van der Waals surface area contributed by atoms with E-state index in [1.165, 1.54) is 0 Å².